The molecule has 1 unspecified atom stereocenters. The number of sulfone groups is 1. The largest absolute Gasteiger partial charge is 0.319 e. The predicted octanol–water partition coefficient (Wildman–Crippen LogP) is 1.06. The average molecular weight is 207 g/mol. The highest BCUT2D eigenvalue weighted by molar-refractivity contribution is 7.91. The maximum atomic E-state index is 11.3. The van der Waals surface area contributed by atoms with E-state index in [0.717, 1.165) is 19.4 Å². The van der Waals surface area contributed by atoms with E-state index in [9.17, 15) is 8.42 Å². The van der Waals surface area contributed by atoms with Crippen molar-refractivity contribution in [3.8, 4) is 0 Å². The summed E-state index contributed by atoms with van der Waals surface area (Å²) in [6.07, 6.45) is 1.49. The van der Waals surface area contributed by atoms with Gasteiger partial charge in [0.2, 0.25) is 0 Å². The van der Waals surface area contributed by atoms with Crippen LogP contribution in [0, 0.1) is 5.92 Å². The van der Waals surface area contributed by atoms with Crippen LogP contribution in [-0.4, -0.2) is 33.5 Å². The van der Waals surface area contributed by atoms with Crippen LogP contribution in [-0.2, 0) is 9.84 Å². The molecule has 0 fully saturated rings. The summed E-state index contributed by atoms with van der Waals surface area (Å²) in [5.41, 5.74) is 0. The van der Waals surface area contributed by atoms with Gasteiger partial charge in [-0.25, -0.2) is 8.42 Å². The number of nitrogens with one attached hydrogen (secondary N) is 1. The molecule has 0 aromatic carbocycles. The zero-order valence-corrected chi connectivity index (χ0v) is 9.65. The molecular formula is C9H21NO2S. The highest BCUT2D eigenvalue weighted by atomic mass is 32.2. The first kappa shape index (κ1) is 12.9. The van der Waals surface area contributed by atoms with E-state index < -0.39 is 9.84 Å². The van der Waals surface area contributed by atoms with Crippen molar-refractivity contribution in [2.75, 3.05) is 25.1 Å². The zero-order valence-electron chi connectivity index (χ0n) is 8.84. The third kappa shape index (κ3) is 7.02. The van der Waals surface area contributed by atoms with Gasteiger partial charge in [0.1, 0.15) is 9.84 Å². The van der Waals surface area contributed by atoms with E-state index in [1.54, 1.807) is 0 Å². The second-order valence-corrected chi connectivity index (χ2v) is 5.91. The van der Waals surface area contributed by atoms with Gasteiger partial charge in [0, 0.05) is 5.75 Å². The minimum atomic E-state index is -2.77. The summed E-state index contributed by atoms with van der Waals surface area (Å²) in [6, 6.07) is 0. The smallest absolute Gasteiger partial charge is 0.150 e. The van der Waals surface area contributed by atoms with E-state index in [2.05, 4.69) is 12.2 Å². The van der Waals surface area contributed by atoms with Crippen LogP contribution in [0.25, 0.3) is 0 Å². The van der Waals surface area contributed by atoms with Crippen molar-refractivity contribution in [3.63, 3.8) is 0 Å². The second kappa shape index (κ2) is 6.38. The van der Waals surface area contributed by atoms with E-state index in [1.165, 1.54) is 0 Å². The Labute approximate surface area is 81.8 Å². The van der Waals surface area contributed by atoms with Crippen LogP contribution >= 0.6 is 0 Å². The number of rotatable bonds is 7. The molecule has 0 aliphatic heterocycles. The summed E-state index contributed by atoms with van der Waals surface area (Å²) in [6.45, 7) is 4.86. The van der Waals surface area contributed by atoms with Crippen molar-refractivity contribution in [2.45, 2.75) is 26.7 Å². The van der Waals surface area contributed by atoms with Crippen molar-refractivity contribution in [1.82, 2.24) is 5.32 Å². The molecule has 3 nitrogen and oxygen atoms in total. The molecule has 0 aromatic heterocycles. The molecule has 80 valence electrons. The molecule has 0 saturated carbocycles. The third-order valence-electron chi connectivity index (χ3n) is 1.99. The Kier molecular flexibility index (Phi) is 6.33. The van der Waals surface area contributed by atoms with Gasteiger partial charge in [-0.1, -0.05) is 13.8 Å². The maximum Gasteiger partial charge on any atom is 0.150 e. The molecule has 0 heterocycles. The van der Waals surface area contributed by atoms with Crippen molar-refractivity contribution in [1.29, 1.82) is 0 Å². The second-order valence-electron chi connectivity index (χ2n) is 3.60. The van der Waals surface area contributed by atoms with Gasteiger partial charge < -0.3 is 5.32 Å². The molecule has 0 aromatic rings. The van der Waals surface area contributed by atoms with Crippen LogP contribution in [0.15, 0.2) is 0 Å². The Morgan fingerprint density at radius 3 is 2.38 bits per heavy atom. The highest BCUT2D eigenvalue weighted by Crippen LogP contribution is 2.04. The summed E-state index contributed by atoms with van der Waals surface area (Å²) in [5.74, 6) is 1.11. The van der Waals surface area contributed by atoms with E-state index in [0.29, 0.717) is 17.4 Å². The first-order chi connectivity index (χ1) is 6.02. The first-order valence-corrected chi connectivity index (χ1v) is 6.69. The fourth-order valence-corrected chi connectivity index (χ4v) is 2.83. The maximum absolute atomic E-state index is 11.3. The third-order valence-corrected chi connectivity index (χ3v) is 3.88. The molecule has 1 atom stereocenters. The summed E-state index contributed by atoms with van der Waals surface area (Å²) in [4.78, 5) is 0. The van der Waals surface area contributed by atoms with Gasteiger partial charge in [-0.05, 0) is 32.4 Å². The Morgan fingerprint density at radius 1 is 1.31 bits per heavy atom. The molecule has 0 bridgehead atoms. The Bertz CT molecular complexity index is 212. The van der Waals surface area contributed by atoms with Gasteiger partial charge in [-0.3, -0.25) is 0 Å². The van der Waals surface area contributed by atoms with Crippen LogP contribution in [0.4, 0.5) is 0 Å². The molecule has 0 rings (SSSR count). The molecule has 13 heavy (non-hydrogen) atoms. The normalized spacial score (nSPS) is 14.4. The first-order valence-electron chi connectivity index (χ1n) is 4.87. The van der Waals surface area contributed by atoms with Crippen LogP contribution in [0.2, 0.25) is 0 Å². The van der Waals surface area contributed by atoms with Crippen molar-refractivity contribution >= 4 is 9.84 Å². The highest BCUT2D eigenvalue weighted by Gasteiger charge is 2.11. The Morgan fingerprint density at radius 2 is 1.92 bits per heavy atom. The quantitative estimate of drug-likeness (QED) is 0.679. The van der Waals surface area contributed by atoms with E-state index in [-0.39, 0.29) is 0 Å². The zero-order chi connectivity index (χ0) is 10.3. The van der Waals surface area contributed by atoms with Gasteiger partial charge in [-0.15, -0.1) is 0 Å². The molecule has 0 spiro atoms. The van der Waals surface area contributed by atoms with Crippen LogP contribution < -0.4 is 5.32 Å². The Hall–Kier alpha value is -0.0900. The van der Waals surface area contributed by atoms with Crippen LogP contribution in [0.3, 0.4) is 0 Å². The topological polar surface area (TPSA) is 46.2 Å². The van der Waals surface area contributed by atoms with Gasteiger partial charge in [0.15, 0.2) is 0 Å². The SMILES string of the molecule is CCCS(=O)(=O)CCC(C)CNC. The van der Waals surface area contributed by atoms with Crippen LogP contribution in [0.1, 0.15) is 26.7 Å². The minimum Gasteiger partial charge on any atom is -0.319 e. The Balaban J connectivity index is 3.74. The molecule has 0 radical (unpaired) electrons. The standard InChI is InChI=1S/C9H21NO2S/c1-4-6-13(11,12)7-5-9(2)8-10-3/h9-10H,4-8H2,1-3H3. The van der Waals surface area contributed by atoms with Gasteiger partial charge in [0.25, 0.3) is 0 Å². The van der Waals surface area contributed by atoms with Crippen molar-refractivity contribution in [3.05, 3.63) is 0 Å². The summed E-state index contributed by atoms with van der Waals surface area (Å²) >= 11 is 0. The predicted molar refractivity (Wildman–Crippen MR) is 56.7 cm³/mol. The molecule has 4 heteroatoms. The fraction of sp³-hybridized carbons (Fsp3) is 1.00. The average Bonchev–Trinajstić information content (AvgIpc) is 2.02. The van der Waals surface area contributed by atoms with Crippen molar-refractivity contribution in [2.24, 2.45) is 5.92 Å². The van der Waals surface area contributed by atoms with E-state index in [1.807, 2.05) is 14.0 Å². The molecule has 0 amide bonds. The monoisotopic (exact) mass is 207 g/mol. The van der Waals surface area contributed by atoms with E-state index >= 15 is 0 Å². The lowest BCUT2D eigenvalue weighted by Gasteiger charge is -2.10. The van der Waals surface area contributed by atoms with Crippen molar-refractivity contribution < 1.29 is 8.42 Å². The van der Waals surface area contributed by atoms with E-state index in [4.69, 9.17) is 0 Å². The lowest BCUT2D eigenvalue weighted by Crippen LogP contribution is -2.20. The fourth-order valence-electron chi connectivity index (χ4n) is 1.24. The van der Waals surface area contributed by atoms with Gasteiger partial charge >= 0.3 is 0 Å². The number of hydrogen-bond acceptors (Lipinski definition) is 3. The molecule has 1 N–H and O–H groups in total. The van der Waals surface area contributed by atoms with Gasteiger partial charge in [-0.2, -0.15) is 0 Å². The minimum absolute atomic E-state index is 0.333. The summed E-state index contributed by atoms with van der Waals surface area (Å²) < 4.78 is 22.6. The molecule has 0 aliphatic carbocycles. The molecule has 0 saturated heterocycles. The number of hydrogen-bond donors (Lipinski definition) is 1. The molecule has 0 aliphatic rings. The summed E-state index contributed by atoms with van der Waals surface area (Å²) in [5, 5.41) is 3.04. The van der Waals surface area contributed by atoms with Crippen LogP contribution in [0.5, 0.6) is 0 Å². The van der Waals surface area contributed by atoms with Gasteiger partial charge in [0.05, 0.1) is 5.75 Å². The summed E-state index contributed by atoms with van der Waals surface area (Å²) in [7, 11) is -0.887. The lowest BCUT2D eigenvalue weighted by atomic mass is 10.1. The molecular weight excluding hydrogens is 186 g/mol. The lowest BCUT2D eigenvalue weighted by molar-refractivity contribution is 0.520.